The second kappa shape index (κ2) is 3.72. The summed E-state index contributed by atoms with van der Waals surface area (Å²) in [6.07, 6.45) is 1.82. The molecule has 12 heavy (non-hydrogen) atoms. The molecular formula is C9H16N2O. The van der Waals surface area contributed by atoms with Crippen molar-refractivity contribution in [2.45, 2.75) is 33.3 Å². The van der Waals surface area contributed by atoms with E-state index >= 15 is 0 Å². The number of aryl methyl sites for hydroxylation is 2. The third kappa shape index (κ3) is 1.37. The van der Waals surface area contributed by atoms with Crippen LogP contribution in [-0.2, 0) is 26.5 Å². The Bertz CT molecular complexity index is 266. The molecule has 0 atom stereocenters. The molecule has 3 nitrogen and oxygen atoms in total. The van der Waals surface area contributed by atoms with Crippen LogP contribution in [0.2, 0.25) is 0 Å². The molecule has 0 saturated carbocycles. The normalized spacial score (nSPS) is 10.7. The molecule has 0 spiro atoms. The van der Waals surface area contributed by atoms with Crippen LogP contribution in [0, 0.1) is 0 Å². The highest BCUT2D eigenvalue weighted by atomic mass is 16.3. The van der Waals surface area contributed by atoms with E-state index in [0.29, 0.717) is 0 Å². The van der Waals surface area contributed by atoms with Crippen LogP contribution in [0.5, 0.6) is 0 Å². The van der Waals surface area contributed by atoms with E-state index < -0.39 is 0 Å². The number of aliphatic hydroxyl groups is 1. The van der Waals surface area contributed by atoms with Gasteiger partial charge in [-0.1, -0.05) is 13.8 Å². The van der Waals surface area contributed by atoms with Gasteiger partial charge in [0, 0.05) is 18.3 Å². The van der Waals surface area contributed by atoms with E-state index in [0.717, 1.165) is 29.8 Å². The molecule has 0 fully saturated rings. The third-order valence-electron chi connectivity index (χ3n) is 2.19. The molecule has 0 bridgehead atoms. The summed E-state index contributed by atoms with van der Waals surface area (Å²) in [5.41, 5.74) is 3.19. The van der Waals surface area contributed by atoms with Gasteiger partial charge in [-0.2, -0.15) is 5.10 Å². The number of hydrogen-bond donors (Lipinski definition) is 1. The molecule has 1 heterocycles. The summed E-state index contributed by atoms with van der Waals surface area (Å²) < 4.78 is 1.87. The largest absolute Gasteiger partial charge is 0.392 e. The molecule has 0 unspecified atom stereocenters. The molecule has 68 valence electrons. The van der Waals surface area contributed by atoms with Crippen LogP contribution in [0.3, 0.4) is 0 Å². The molecule has 0 saturated heterocycles. The maximum atomic E-state index is 9.12. The predicted octanol–water partition coefficient (Wildman–Crippen LogP) is 1.04. The van der Waals surface area contributed by atoms with Gasteiger partial charge in [-0.15, -0.1) is 0 Å². The van der Waals surface area contributed by atoms with E-state index in [9.17, 15) is 0 Å². The Hall–Kier alpha value is -0.830. The summed E-state index contributed by atoms with van der Waals surface area (Å²) in [6, 6.07) is 0. The van der Waals surface area contributed by atoms with Crippen molar-refractivity contribution in [3.05, 3.63) is 17.0 Å². The molecule has 0 radical (unpaired) electrons. The van der Waals surface area contributed by atoms with E-state index in [4.69, 9.17) is 5.11 Å². The average molecular weight is 168 g/mol. The lowest BCUT2D eigenvalue weighted by Gasteiger charge is -1.99. The monoisotopic (exact) mass is 168 g/mol. The minimum atomic E-state index is 0.111. The van der Waals surface area contributed by atoms with Gasteiger partial charge in [-0.05, 0) is 12.8 Å². The highest BCUT2D eigenvalue weighted by Gasteiger charge is 2.11. The van der Waals surface area contributed by atoms with Gasteiger partial charge in [0.15, 0.2) is 0 Å². The Balaban J connectivity index is 3.16. The summed E-state index contributed by atoms with van der Waals surface area (Å²) in [4.78, 5) is 0. The molecule has 1 aromatic heterocycles. The lowest BCUT2D eigenvalue weighted by molar-refractivity contribution is 0.279. The molecule has 0 amide bonds. The highest BCUT2D eigenvalue weighted by Crippen LogP contribution is 2.14. The number of aliphatic hydroxyl groups excluding tert-OH is 1. The Morgan fingerprint density at radius 2 is 2.00 bits per heavy atom. The van der Waals surface area contributed by atoms with E-state index in [1.54, 1.807) is 0 Å². The van der Waals surface area contributed by atoms with Gasteiger partial charge in [0.05, 0.1) is 12.3 Å². The lowest BCUT2D eigenvalue weighted by Crippen LogP contribution is -1.98. The Labute approximate surface area is 73.0 Å². The summed E-state index contributed by atoms with van der Waals surface area (Å²) in [7, 11) is 1.93. The molecular weight excluding hydrogens is 152 g/mol. The third-order valence-corrected chi connectivity index (χ3v) is 2.19. The van der Waals surface area contributed by atoms with Crippen molar-refractivity contribution in [3.8, 4) is 0 Å². The van der Waals surface area contributed by atoms with Crippen LogP contribution >= 0.6 is 0 Å². The number of nitrogens with zero attached hydrogens (tertiary/aromatic N) is 2. The first-order valence-corrected chi connectivity index (χ1v) is 4.39. The second-order valence-corrected chi connectivity index (χ2v) is 2.86. The zero-order chi connectivity index (χ0) is 9.14. The van der Waals surface area contributed by atoms with E-state index in [1.165, 1.54) is 0 Å². The second-order valence-electron chi connectivity index (χ2n) is 2.86. The molecule has 0 aliphatic rings. The quantitative estimate of drug-likeness (QED) is 0.732. The first-order valence-electron chi connectivity index (χ1n) is 4.39. The summed E-state index contributed by atoms with van der Waals surface area (Å²) in [5, 5.41) is 13.4. The maximum absolute atomic E-state index is 9.12. The summed E-state index contributed by atoms with van der Waals surface area (Å²) >= 11 is 0. The van der Waals surface area contributed by atoms with Gasteiger partial charge in [0.1, 0.15) is 0 Å². The summed E-state index contributed by atoms with van der Waals surface area (Å²) in [6.45, 7) is 4.25. The van der Waals surface area contributed by atoms with Crippen molar-refractivity contribution < 1.29 is 5.11 Å². The van der Waals surface area contributed by atoms with Gasteiger partial charge in [-0.3, -0.25) is 4.68 Å². The van der Waals surface area contributed by atoms with Crippen LogP contribution in [0.1, 0.15) is 30.8 Å². The SMILES string of the molecule is CCc1nn(C)c(CC)c1CO. The predicted molar refractivity (Wildman–Crippen MR) is 47.9 cm³/mol. The van der Waals surface area contributed by atoms with E-state index in [2.05, 4.69) is 18.9 Å². The van der Waals surface area contributed by atoms with Crippen molar-refractivity contribution in [1.82, 2.24) is 9.78 Å². The first-order chi connectivity index (χ1) is 5.74. The fourth-order valence-electron chi connectivity index (χ4n) is 1.57. The molecule has 1 aromatic rings. The molecule has 1 N–H and O–H groups in total. The molecule has 0 aromatic carbocycles. The van der Waals surface area contributed by atoms with Crippen LogP contribution < -0.4 is 0 Å². The summed E-state index contributed by atoms with van der Waals surface area (Å²) in [5.74, 6) is 0. The lowest BCUT2D eigenvalue weighted by atomic mass is 10.1. The van der Waals surface area contributed by atoms with Crippen LogP contribution in [-0.4, -0.2) is 14.9 Å². The van der Waals surface area contributed by atoms with E-state index in [-0.39, 0.29) is 6.61 Å². The van der Waals surface area contributed by atoms with Gasteiger partial charge >= 0.3 is 0 Å². The fraction of sp³-hybridized carbons (Fsp3) is 0.667. The smallest absolute Gasteiger partial charge is 0.0718 e. The zero-order valence-electron chi connectivity index (χ0n) is 7.96. The molecule has 3 heteroatoms. The number of aromatic nitrogens is 2. The maximum Gasteiger partial charge on any atom is 0.0718 e. The van der Waals surface area contributed by atoms with Crippen LogP contribution in [0.4, 0.5) is 0 Å². The first kappa shape index (κ1) is 9.26. The zero-order valence-corrected chi connectivity index (χ0v) is 7.96. The minimum Gasteiger partial charge on any atom is -0.392 e. The van der Waals surface area contributed by atoms with Crippen molar-refractivity contribution >= 4 is 0 Å². The molecule has 1 rings (SSSR count). The van der Waals surface area contributed by atoms with Gasteiger partial charge < -0.3 is 5.11 Å². The molecule has 0 aliphatic heterocycles. The van der Waals surface area contributed by atoms with Crippen molar-refractivity contribution in [2.24, 2.45) is 7.05 Å². The Morgan fingerprint density at radius 3 is 2.42 bits per heavy atom. The standard InChI is InChI=1S/C9H16N2O/c1-4-8-7(6-12)9(5-2)11(3)10-8/h12H,4-6H2,1-3H3. The van der Waals surface area contributed by atoms with Gasteiger partial charge in [-0.25, -0.2) is 0 Å². The van der Waals surface area contributed by atoms with Gasteiger partial charge in [0.2, 0.25) is 0 Å². The van der Waals surface area contributed by atoms with Crippen LogP contribution in [0.25, 0.3) is 0 Å². The Morgan fingerprint density at radius 1 is 1.33 bits per heavy atom. The van der Waals surface area contributed by atoms with Crippen molar-refractivity contribution in [3.63, 3.8) is 0 Å². The van der Waals surface area contributed by atoms with Crippen LogP contribution in [0.15, 0.2) is 0 Å². The van der Waals surface area contributed by atoms with E-state index in [1.807, 2.05) is 11.7 Å². The minimum absolute atomic E-state index is 0.111. The topological polar surface area (TPSA) is 38.0 Å². The van der Waals surface area contributed by atoms with Crippen molar-refractivity contribution in [1.29, 1.82) is 0 Å². The Kier molecular flexibility index (Phi) is 2.87. The fourth-order valence-corrected chi connectivity index (χ4v) is 1.57. The van der Waals surface area contributed by atoms with Gasteiger partial charge in [0.25, 0.3) is 0 Å². The number of hydrogen-bond acceptors (Lipinski definition) is 2. The average Bonchev–Trinajstić information content (AvgIpc) is 2.40. The highest BCUT2D eigenvalue weighted by molar-refractivity contribution is 5.25. The van der Waals surface area contributed by atoms with Crippen molar-refractivity contribution in [2.75, 3.05) is 0 Å². The molecule has 0 aliphatic carbocycles. The number of rotatable bonds is 3.